The second-order valence-electron chi connectivity index (χ2n) is 6.39. The van der Waals surface area contributed by atoms with Gasteiger partial charge in [0.05, 0.1) is 4.92 Å². The smallest absolute Gasteiger partial charge is 0.271 e. The fourth-order valence-electron chi connectivity index (χ4n) is 2.61. The number of hydrogen-bond donors (Lipinski definition) is 4. The Bertz CT molecular complexity index is 1270. The molecular weight excluding hydrogens is 428 g/mol. The van der Waals surface area contributed by atoms with Crippen LogP contribution in [0.4, 0.5) is 35.0 Å². The first-order chi connectivity index (χ1) is 16.1. The van der Waals surface area contributed by atoms with Gasteiger partial charge in [0, 0.05) is 42.0 Å². The Morgan fingerprint density at radius 2 is 1.61 bits per heavy atom. The maximum Gasteiger partial charge on any atom is 0.271 e. The van der Waals surface area contributed by atoms with Gasteiger partial charge in [-0.15, -0.1) is 0 Å². The highest BCUT2D eigenvalue weighted by Gasteiger charge is 2.12. The summed E-state index contributed by atoms with van der Waals surface area (Å²) in [6.45, 7) is 0. The van der Waals surface area contributed by atoms with Crippen LogP contribution in [0, 0.1) is 10.1 Å². The van der Waals surface area contributed by atoms with Gasteiger partial charge in [-0.2, -0.15) is 15.0 Å². The minimum Gasteiger partial charge on any atom is -0.324 e. The maximum atomic E-state index is 12.3. The Labute approximate surface area is 186 Å². The highest BCUT2D eigenvalue weighted by Crippen LogP contribution is 2.21. The highest BCUT2D eigenvalue weighted by molar-refractivity contribution is 5.94. The molecule has 1 aromatic carbocycles. The number of anilines is 5. The molecule has 4 N–H and O–H groups in total. The third-order valence-corrected chi connectivity index (χ3v) is 4.08. The standard InChI is InChI=1S/C20H16N10O3/c31-17(13-7-10-21-11-8-13)28-29-20-26-18(23-14-4-3-5-15(12-14)30(32)33)25-19(27-20)24-16-6-1-2-9-22-16/h1-12H,(H,28,31)(H3,22,23,24,25,26,27,29). The van der Waals surface area contributed by atoms with Crippen LogP contribution in [0.2, 0.25) is 0 Å². The van der Waals surface area contributed by atoms with E-state index in [0.717, 1.165) is 0 Å². The van der Waals surface area contributed by atoms with Crippen LogP contribution in [-0.2, 0) is 0 Å². The first-order valence-corrected chi connectivity index (χ1v) is 9.49. The van der Waals surface area contributed by atoms with E-state index in [0.29, 0.717) is 17.1 Å². The summed E-state index contributed by atoms with van der Waals surface area (Å²) in [6.07, 6.45) is 4.58. The van der Waals surface area contributed by atoms with Crippen LogP contribution in [0.25, 0.3) is 0 Å². The van der Waals surface area contributed by atoms with E-state index in [1.165, 1.54) is 30.6 Å². The summed E-state index contributed by atoms with van der Waals surface area (Å²) in [5, 5.41) is 16.9. The number of nitro benzene ring substituents is 1. The van der Waals surface area contributed by atoms with Gasteiger partial charge < -0.3 is 10.6 Å². The number of nitro groups is 1. The van der Waals surface area contributed by atoms with Crippen LogP contribution >= 0.6 is 0 Å². The molecule has 0 saturated carbocycles. The molecule has 1 amide bonds. The molecule has 4 rings (SSSR count). The highest BCUT2D eigenvalue weighted by atomic mass is 16.6. The van der Waals surface area contributed by atoms with Gasteiger partial charge in [0.25, 0.3) is 11.6 Å². The summed E-state index contributed by atoms with van der Waals surface area (Å²) < 4.78 is 0. The van der Waals surface area contributed by atoms with Gasteiger partial charge in [0.2, 0.25) is 17.8 Å². The largest absolute Gasteiger partial charge is 0.324 e. The number of nitrogens with one attached hydrogen (secondary N) is 4. The summed E-state index contributed by atoms with van der Waals surface area (Å²) in [7, 11) is 0. The predicted octanol–water partition coefficient (Wildman–Crippen LogP) is 2.81. The molecule has 3 heterocycles. The van der Waals surface area contributed by atoms with E-state index < -0.39 is 10.8 Å². The Balaban J connectivity index is 1.58. The summed E-state index contributed by atoms with van der Waals surface area (Å²) in [5.74, 6) is 0.266. The van der Waals surface area contributed by atoms with Gasteiger partial charge in [-0.05, 0) is 30.3 Å². The number of carbonyl (C=O) groups is 1. The van der Waals surface area contributed by atoms with E-state index in [1.807, 2.05) is 0 Å². The van der Waals surface area contributed by atoms with E-state index in [2.05, 4.69) is 46.4 Å². The van der Waals surface area contributed by atoms with Crippen molar-refractivity contribution < 1.29 is 9.72 Å². The average molecular weight is 444 g/mol. The molecular formula is C20H16N10O3. The first-order valence-electron chi connectivity index (χ1n) is 9.49. The molecule has 0 bridgehead atoms. The van der Waals surface area contributed by atoms with E-state index in [-0.39, 0.29) is 23.5 Å². The quantitative estimate of drug-likeness (QED) is 0.232. The summed E-state index contributed by atoms with van der Waals surface area (Å²) in [4.78, 5) is 43.6. The molecule has 3 aromatic heterocycles. The Kier molecular flexibility index (Phi) is 6.21. The van der Waals surface area contributed by atoms with Crippen LogP contribution in [0.15, 0.2) is 73.2 Å². The summed E-state index contributed by atoms with van der Waals surface area (Å²) in [5.41, 5.74) is 5.81. The van der Waals surface area contributed by atoms with Crippen molar-refractivity contribution in [1.82, 2.24) is 30.3 Å². The number of nitrogens with zero attached hydrogens (tertiary/aromatic N) is 6. The number of hydrazine groups is 1. The molecule has 0 aliphatic rings. The second-order valence-corrected chi connectivity index (χ2v) is 6.39. The zero-order valence-corrected chi connectivity index (χ0v) is 16.8. The molecule has 0 spiro atoms. The average Bonchev–Trinajstić information content (AvgIpc) is 2.84. The van der Waals surface area contributed by atoms with Gasteiger partial charge in [-0.25, -0.2) is 4.98 Å². The SMILES string of the molecule is O=C(NNc1nc(Nc2cccc([N+](=O)[O-])c2)nc(Nc2ccccn2)n1)c1ccncc1. The summed E-state index contributed by atoms with van der Waals surface area (Å²) in [6, 6.07) is 14.2. The van der Waals surface area contributed by atoms with Crippen LogP contribution < -0.4 is 21.5 Å². The molecule has 0 aliphatic heterocycles. The molecule has 4 aromatic rings. The second kappa shape index (κ2) is 9.74. The summed E-state index contributed by atoms with van der Waals surface area (Å²) >= 11 is 0. The lowest BCUT2D eigenvalue weighted by atomic mass is 10.3. The number of hydrogen-bond acceptors (Lipinski definition) is 11. The molecule has 0 fully saturated rings. The Morgan fingerprint density at radius 1 is 0.848 bits per heavy atom. The van der Waals surface area contributed by atoms with E-state index >= 15 is 0 Å². The lowest BCUT2D eigenvalue weighted by Gasteiger charge is -2.11. The van der Waals surface area contributed by atoms with Crippen molar-refractivity contribution in [1.29, 1.82) is 0 Å². The van der Waals surface area contributed by atoms with Crippen LogP contribution in [0.3, 0.4) is 0 Å². The fraction of sp³-hybridized carbons (Fsp3) is 0. The fourth-order valence-corrected chi connectivity index (χ4v) is 2.61. The lowest BCUT2D eigenvalue weighted by molar-refractivity contribution is -0.384. The zero-order chi connectivity index (χ0) is 23.0. The minimum absolute atomic E-state index is 0.0127. The third kappa shape index (κ3) is 5.69. The lowest BCUT2D eigenvalue weighted by Crippen LogP contribution is -2.30. The number of benzene rings is 1. The van der Waals surface area contributed by atoms with E-state index in [4.69, 9.17) is 0 Å². The van der Waals surface area contributed by atoms with Crippen molar-refractivity contribution in [3.63, 3.8) is 0 Å². The number of pyridine rings is 2. The van der Waals surface area contributed by atoms with Gasteiger partial charge in [-0.1, -0.05) is 12.1 Å². The molecule has 0 atom stereocenters. The van der Waals surface area contributed by atoms with Gasteiger partial charge in [-0.3, -0.25) is 30.7 Å². The third-order valence-electron chi connectivity index (χ3n) is 4.08. The van der Waals surface area contributed by atoms with Crippen LogP contribution in [0.5, 0.6) is 0 Å². The molecule has 0 radical (unpaired) electrons. The predicted molar refractivity (Wildman–Crippen MR) is 119 cm³/mol. The molecule has 13 heteroatoms. The van der Waals surface area contributed by atoms with Crippen molar-refractivity contribution in [2.45, 2.75) is 0 Å². The molecule has 13 nitrogen and oxygen atoms in total. The van der Waals surface area contributed by atoms with Gasteiger partial charge in [0.1, 0.15) is 5.82 Å². The Hall–Kier alpha value is -5.20. The molecule has 0 aliphatic carbocycles. The van der Waals surface area contributed by atoms with Crippen LogP contribution in [-0.4, -0.2) is 35.8 Å². The van der Waals surface area contributed by atoms with Crippen molar-refractivity contribution >= 4 is 40.9 Å². The van der Waals surface area contributed by atoms with Gasteiger partial charge >= 0.3 is 0 Å². The minimum atomic E-state index is -0.506. The maximum absolute atomic E-state index is 12.3. The van der Waals surface area contributed by atoms with Crippen molar-refractivity contribution in [3.8, 4) is 0 Å². The zero-order valence-electron chi connectivity index (χ0n) is 16.8. The van der Waals surface area contributed by atoms with Crippen LogP contribution in [0.1, 0.15) is 10.4 Å². The monoisotopic (exact) mass is 444 g/mol. The van der Waals surface area contributed by atoms with E-state index in [1.54, 1.807) is 42.6 Å². The van der Waals surface area contributed by atoms with Crippen molar-refractivity contribution in [2.24, 2.45) is 0 Å². The molecule has 0 unspecified atom stereocenters. The number of non-ortho nitro benzene ring substituents is 1. The number of amides is 1. The first kappa shape index (κ1) is 21.0. The topological polar surface area (TPSA) is 173 Å². The molecule has 33 heavy (non-hydrogen) atoms. The normalized spacial score (nSPS) is 10.2. The Morgan fingerprint density at radius 3 is 2.33 bits per heavy atom. The van der Waals surface area contributed by atoms with Crippen molar-refractivity contribution in [3.05, 3.63) is 88.9 Å². The van der Waals surface area contributed by atoms with E-state index in [9.17, 15) is 14.9 Å². The van der Waals surface area contributed by atoms with Crippen molar-refractivity contribution in [2.75, 3.05) is 16.1 Å². The molecule has 0 saturated heterocycles. The molecule has 164 valence electrons. The van der Waals surface area contributed by atoms with Gasteiger partial charge in [0.15, 0.2) is 0 Å². The number of carbonyl (C=O) groups excluding carboxylic acids is 1. The number of rotatable bonds is 8. The number of aromatic nitrogens is 5.